The second-order valence-electron chi connectivity index (χ2n) is 5.60. The summed E-state index contributed by atoms with van der Waals surface area (Å²) in [5.41, 5.74) is 0.596. The van der Waals surface area contributed by atoms with Crippen LogP contribution in [0.3, 0.4) is 0 Å². The van der Waals surface area contributed by atoms with Gasteiger partial charge in [-0.3, -0.25) is 14.9 Å². The molecule has 25 heavy (non-hydrogen) atoms. The number of urea groups is 1. The number of amides is 3. The van der Waals surface area contributed by atoms with Gasteiger partial charge in [-0.1, -0.05) is 6.07 Å². The summed E-state index contributed by atoms with van der Waals surface area (Å²) in [7, 11) is 3.01. The number of hydrogen-bond donors (Lipinski definition) is 2. The smallest absolute Gasteiger partial charge is 0.321 e. The minimum atomic E-state index is -1.10. The average molecular weight is 352 g/mol. The highest BCUT2D eigenvalue weighted by Gasteiger charge is 2.21. The van der Waals surface area contributed by atoms with Gasteiger partial charge in [0.25, 0.3) is 5.91 Å². The third kappa shape index (κ3) is 6.70. The van der Waals surface area contributed by atoms with E-state index in [1.165, 1.54) is 21.1 Å². The van der Waals surface area contributed by atoms with Crippen molar-refractivity contribution in [2.45, 2.75) is 39.3 Å². The van der Waals surface area contributed by atoms with Crippen LogP contribution in [0.15, 0.2) is 18.2 Å². The van der Waals surface area contributed by atoms with Gasteiger partial charge in [-0.15, -0.1) is 0 Å². The summed E-state index contributed by atoms with van der Waals surface area (Å²) < 4.78 is 15.4. The number of imide groups is 1. The number of esters is 1. The standard InChI is InChI=1S/C17H24N2O6/c1-10(2)18-17(22)19-16(21)11(3)25-15(20)8-12-6-7-13(23-4)9-14(12)24-5/h6-7,9-11H,8H2,1-5H3,(H2,18,19,21,22)/t11-/m1/s1. The minimum Gasteiger partial charge on any atom is -0.497 e. The minimum absolute atomic E-state index is 0.0804. The molecule has 0 radical (unpaired) electrons. The predicted octanol–water partition coefficient (Wildman–Crippen LogP) is 1.41. The van der Waals surface area contributed by atoms with Crippen molar-refractivity contribution in [3.05, 3.63) is 23.8 Å². The molecule has 138 valence electrons. The molecular weight excluding hydrogens is 328 g/mol. The predicted molar refractivity (Wildman–Crippen MR) is 90.6 cm³/mol. The zero-order valence-electron chi connectivity index (χ0n) is 15.0. The van der Waals surface area contributed by atoms with Crippen molar-refractivity contribution in [2.75, 3.05) is 14.2 Å². The van der Waals surface area contributed by atoms with Crippen LogP contribution in [-0.2, 0) is 20.7 Å². The average Bonchev–Trinajstić information content (AvgIpc) is 2.54. The first-order valence-electron chi connectivity index (χ1n) is 7.78. The lowest BCUT2D eigenvalue weighted by molar-refractivity contribution is -0.153. The van der Waals surface area contributed by atoms with Gasteiger partial charge in [0.05, 0.1) is 20.6 Å². The lowest BCUT2D eigenvalue weighted by Crippen LogP contribution is -2.46. The highest BCUT2D eigenvalue weighted by atomic mass is 16.5. The van der Waals surface area contributed by atoms with E-state index < -0.39 is 24.0 Å². The van der Waals surface area contributed by atoms with Gasteiger partial charge >= 0.3 is 12.0 Å². The lowest BCUT2D eigenvalue weighted by atomic mass is 10.1. The largest absolute Gasteiger partial charge is 0.497 e. The third-order valence-corrected chi connectivity index (χ3v) is 3.16. The van der Waals surface area contributed by atoms with Crippen molar-refractivity contribution in [2.24, 2.45) is 0 Å². The van der Waals surface area contributed by atoms with E-state index in [0.29, 0.717) is 17.1 Å². The first-order chi connectivity index (χ1) is 11.8. The molecule has 3 amide bonds. The molecule has 8 heteroatoms. The normalized spacial score (nSPS) is 11.4. The Hall–Kier alpha value is -2.77. The summed E-state index contributed by atoms with van der Waals surface area (Å²) >= 11 is 0. The molecule has 0 aliphatic carbocycles. The van der Waals surface area contributed by atoms with Gasteiger partial charge in [-0.25, -0.2) is 4.79 Å². The Labute approximate surface area is 146 Å². The number of ether oxygens (including phenoxy) is 3. The Morgan fingerprint density at radius 1 is 1.08 bits per heavy atom. The van der Waals surface area contributed by atoms with Gasteiger partial charge in [0.2, 0.25) is 0 Å². The van der Waals surface area contributed by atoms with E-state index in [1.54, 1.807) is 32.0 Å². The van der Waals surface area contributed by atoms with Crippen LogP contribution in [0, 0.1) is 0 Å². The highest BCUT2D eigenvalue weighted by molar-refractivity contribution is 5.97. The van der Waals surface area contributed by atoms with Crippen molar-refractivity contribution in [1.29, 1.82) is 0 Å². The molecule has 0 aliphatic rings. The van der Waals surface area contributed by atoms with E-state index in [0.717, 1.165) is 0 Å². The molecule has 1 rings (SSSR count). The summed E-state index contributed by atoms with van der Waals surface area (Å²) in [4.78, 5) is 35.3. The van der Waals surface area contributed by atoms with E-state index in [9.17, 15) is 14.4 Å². The second kappa shape index (κ2) is 9.51. The maximum absolute atomic E-state index is 12.0. The summed E-state index contributed by atoms with van der Waals surface area (Å²) in [6.07, 6.45) is -1.18. The van der Waals surface area contributed by atoms with Crippen molar-refractivity contribution in [1.82, 2.24) is 10.6 Å². The van der Waals surface area contributed by atoms with Crippen LogP contribution in [0.4, 0.5) is 4.79 Å². The summed E-state index contributed by atoms with van der Waals surface area (Å²) in [6, 6.07) is 4.26. The van der Waals surface area contributed by atoms with Gasteiger partial charge in [-0.2, -0.15) is 0 Å². The van der Waals surface area contributed by atoms with E-state index in [-0.39, 0.29) is 12.5 Å². The fourth-order valence-corrected chi connectivity index (χ4v) is 1.96. The van der Waals surface area contributed by atoms with E-state index >= 15 is 0 Å². The fraction of sp³-hybridized carbons (Fsp3) is 0.471. The maximum Gasteiger partial charge on any atom is 0.321 e. The van der Waals surface area contributed by atoms with Crippen molar-refractivity contribution < 1.29 is 28.6 Å². The van der Waals surface area contributed by atoms with Crippen molar-refractivity contribution in [3.8, 4) is 11.5 Å². The first kappa shape index (κ1) is 20.3. The molecule has 0 aliphatic heterocycles. The molecule has 2 N–H and O–H groups in total. The summed E-state index contributed by atoms with van der Waals surface area (Å²) in [6.45, 7) is 4.91. The Morgan fingerprint density at radius 2 is 1.76 bits per heavy atom. The Bertz CT molecular complexity index is 630. The lowest BCUT2D eigenvalue weighted by Gasteiger charge is -2.15. The van der Waals surface area contributed by atoms with Crippen LogP contribution in [0.25, 0.3) is 0 Å². The van der Waals surface area contributed by atoms with Gasteiger partial charge < -0.3 is 19.5 Å². The van der Waals surface area contributed by atoms with Crippen LogP contribution < -0.4 is 20.1 Å². The zero-order valence-corrected chi connectivity index (χ0v) is 15.0. The molecule has 0 heterocycles. The number of carbonyl (C=O) groups excluding carboxylic acids is 3. The molecule has 0 saturated carbocycles. The first-order valence-corrected chi connectivity index (χ1v) is 7.78. The van der Waals surface area contributed by atoms with Crippen LogP contribution >= 0.6 is 0 Å². The maximum atomic E-state index is 12.0. The topological polar surface area (TPSA) is 103 Å². The van der Waals surface area contributed by atoms with E-state index in [4.69, 9.17) is 14.2 Å². The van der Waals surface area contributed by atoms with Gasteiger partial charge in [-0.05, 0) is 26.8 Å². The Balaban J connectivity index is 2.61. The van der Waals surface area contributed by atoms with Crippen molar-refractivity contribution >= 4 is 17.9 Å². The number of rotatable bonds is 7. The number of carbonyl (C=O) groups is 3. The molecule has 0 fully saturated rings. The molecule has 8 nitrogen and oxygen atoms in total. The van der Waals surface area contributed by atoms with Gasteiger partial charge in [0, 0.05) is 17.7 Å². The number of methoxy groups -OCH3 is 2. The van der Waals surface area contributed by atoms with Gasteiger partial charge in [0.15, 0.2) is 6.10 Å². The SMILES string of the molecule is COc1ccc(CC(=O)O[C@H](C)C(=O)NC(=O)NC(C)C)c(OC)c1. The van der Waals surface area contributed by atoms with Crippen LogP contribution in [0.5, 0.6) is 11.5 Å². The van der Waals surface area contributed by atoms with E-state index in [2.05, 4.69) is 10.6 Å². The van der Waals surface area contributed by atoms with Gasteiger partial charge in [0.1, 0.15) is 11.5 Å². The molecule has 0 saturated heterocycles. The molecule has 1 aromatic rings. The van der Waals surface area contributed by atoms with E-state index in [1.807, 2.05) is 0 Å². The molecule has 0 bridgehead atoms. The van der Waals surface area contributed by atoms with Crippen LogP contribution in [-0.4, -0.2) is 44.3 Å². The molecular formula is C17H24N2O6. The summed E-state index contributed by atoms with van der Waals surface area (Å²) in [5, 5.41) is 4.62. The number of hydrogen-bond acceptors (Lipinski definition) is 6. The Kier molecular flexibility index (Phi) is 7.71. The molecule has 0 spiro atoms. The van der Waals surface area contributed by atoms with Crippen molar-refractivity contribution in [3.63, 3.8) is 0 Å². The molecule has 0 aromatic heterocycles. The number of nitrogens with one attached hydrogen (secondary N) is 2. The van der Waals surface area contributed by atoms with Crippen LogP contribution in [0.1, 0.15) is 26.3 Å². The highest BCUT2D eigenvalue weighted by Crippen LogP contribution is 2.25. The molecule has 1 aromatic carbocycles. The third-order valence-electron chi connectivity index (χ3n) is 3.16. The Morgan fingerprint density at radius 3 is 2.32 bits per heavy atom. The molecule has 1 atom stereocenters. The zero-order chi connectivity index (χ0) is 19.0. The number of benzene rings is 1. The fourth-order valence-electron chi connectivity index (χ4n) is 1.96. The quantitative estimate of drug-likeness (QED) is 0.719. The monoisotopic (exact) mass is 352 g/mol. The van der Waals surface area contributed by atoms with Crippen LogP contribution in [0.2, 0.25) is 0 Å². The second-order valence-corrected chi connectivity index (χ2v) is 5.60. The molecule has 0 unspecified atom stereocenters. The summed E-state index contributed by atoms with van der Waals surface area (Å²) in [5.74, 6) is -0.244.